The molecular formula is C15H34N4. The van der Waals surface area contributed by atoms with Crippen molar-refractivity contribution in [3.8, 4) is 0 Å². The minimum absolute atomic E-state index is 0.198. The molecule has 0 aromatic heterocycles. The van der Waals surface area contributed by atoms with Crippen molar-refractivity contribution in [2.75, 3.05) is 40.3 Å². The molecule has 0 fully saturated rings. The van der Waals surface area contributed by atoms with Gasteiger partial charge in [0, 0.05) is 26.2 Å². The molecule has 0 aromatic rings. The summed E-state index contributed by atoms with van der Waals surface area (Å²) in [6, 6.07) is 0. The Hall–Kier alpha value is -0.770. The van der Waals surface area contributed by atoms with Crippen molar-refractivity contribution in [3.63, 3.8) is 0 Å². The Morgan fingerprint density at radius 1 is 1.21 bits per heavy atom. The lowest BCUT2D eigenvalue weighted by Crippen LogP contribution is -2.39. The molecule has 4 nitrogen and oxygen atoms in total. The van der Waals surface area contributed by atoms with Gasteiger partial charge in [-0.25, -0.2) is 0 Å². The van der Waals surface area contributed by atoms with E-state index in [0.29, 0.717) is 0 Å². The van der Waals surface area contributed by atoms with Gasteiger partial charge in [0.1, 0.15) is 0 Å². The third-order valence-corrected chi connectivity index (χ3v) is 2.77. The van der Waals surface area contributed by atoms with Gasteiger partial charge in [-0.15, -0.1) is 0 Å². The van der Waals surface area contributed by atoms with Gasteiger partial charge in [0.2, 0.25) is 0 Å². The van der Waals surface area contributed by atoms with E-state index in [4.69, 9.17) is 4.99 Å². The van der Waals surface area contributed by atoms with Crippen LogP contribution in [0.15, 0.2) is 4.99 Å². The van der Waals surface area contributed by atoms with Gasteiger partial charge in [0.15, 0.2) is 5.96 Å². The van der Waals surface area contributed by atoms with Gasteiger partial charge in [-0.1, -0.05) is 27.7 Å². The second-order valence-electron chi connectivity index (χ2n) is 6.71. The predicted molar refractivity (Wildman–Crippen MR) is 85.8 cm³/mol. The fourth-order valence-corrected chi connectivity index (χ4v) is 2.02. The second-order valence-corrected chi connectivity index (χ2v) is 6.71. The van der Waals surface area contributed by atoms with Crippen LogP contribution in [0.25, 0.3) is 0 Å². The highest BCUT2D eigenvalue weighted by molar-refractivity contribution is 5.79. The molecule has 0 amide bonds. The van der Waals surface area contributed by atoms with Crippen LogP contribution in [-0.4, -0.2) is 51.1 Å². The highest BCUT2D eigenvalue weighted by Gasteiger charge is 2.18. The summed E-state index contributed by atoms with van der Waals surface area (Å²) in [5.74, 6) is 1.66. The molecule has 0 spiro atoms. The Morgan fingerprint density at radius 3 is 2.32 bits per heavy atom. The zero-order valence-corrected chi connectivity index (χ0v) is 14.0. The SMILES string of the molecule is CCNC(=NCC(C)(C)CN(C)C)NCCC(C)C. The summed E-state index contributed by atoms with van der Waals surface area (Å²) in [5, 5.41) is 6.71. The van der Waals surface area contributed by atoms with E-state index in [0.717, 1.165) is 38.1 Å². The van der Waals surface area contributed by atoms with Crippen molar-refractivity contribution in [2.24, 2.45) is 16.3 Å². The van der Waals surface area contributed by atoms with Crippen molar-refractivity contribution < 1.29 is 0 Å². The Balaban J connectivity index is 4.31. The quantitative estimate of drug-likeness (QED) is 0.524. The molecule has 0 atom stereocenters. The summed E-state index contributed by atoms with van der Waals surface area (Å²) in [7, 11) is 4.22. The first-order valence-corrected chi connectivity index (χ1v) is 7.43. The van der Waals surface area contributed by atoms with Gasteiger partial charge in [-0.05, 0) is 38.8 Å². The monoisotopic (exact) mass is 270 g/mol. The Labute approximate surface area is 120 Å². The average molecular weight is 270 g/mol. The van der Waals surface area contributed by atoms with Crippen LogP contribution in [0.5, 0.6) is 0 Å². The van der Waals surface area contributed by atoms with Gasteiger partial charge in [0.25, 0.3) is 0 Å². The molecule has 19 heavy (non-hydrogen) atoms. The smallest absolute Gasteiger partial charge is 0.191 e. The Morgan fingerprint density at radius 2 is 1.84 bits per heavy atom. The first kappa shape index (κ1) is 18.2. The van der Waals surface area contributed by atoms with E-state index in [1.54, 1.807) is 0 Å². The van der Waals surface area contributed by atoms with E-state index in [2.05, 4.69) is 64.2 Å². The van der Waals surface area contributed by atoms with Gasteiger partial charge in [-0.3, -0.25) is 4.99 Å². The van der Waals surface area contributed by atoms with Gasteiger partial charge >= 0.3 is 0 Å². The molecule has 2 N–H and O–H groups in total. The van der Waals surface area contributed by atoms with E-state index in [9.17, 15) is 0 Å². The number of guanidine groups is 1. The normalized spacial score (nSPS) is 13.2. The summed E-state index contributed by atoms with van der Waals surface area (Å²) in [6.45, 7) is 14.9. The topological polar surface area (TPSA) is 39.7 Å². The first-order valence-electron chi connectivity index (χ1n) is 7.43. The molecule has 0 radical (unpaired) electrons. The number of nitrogens with zero attached hydrogens (tertiary/aromatic N) is 2. The highest BCUT2D eigenvalue weighted by Crippen LogP contribution is 2.15. The molecule has 0 aliphatic heterocycles. The van der Waals surface area contributed by atoms with Crippen molar-refractivity contribution >= 4 is 5.96 Å². The van der Waals surface area contributed by atoms with Crippen LogP contribution >= 0.6 is 0 Å². The van der Waals surface area contributed by atoms with E-state index >= 15 is 0 Å². The van der Waals surface area contributed by atoms with Gasteiger partial charge in [0.05, 0.1) is 0 Å². The molecule has 0 saturated heterocycles. The van der Waals surface area contributed by atoms with Crippen LogP contribution in [0.2, 0.25) is 0 Å². The molecule has 0 bridgehead atoms. The molecule has 0 aliphatic rings. The minimum atomic E-state index is 0.198. The van der Waals surface area contributed by atoms with Crippen molar-refractivity contribution in [2.45, 2.75) is 41.0 Å². The minimum Gasteiger partial charge on any atom is -0.357 e. The van der Waals surface area contributed by atoms with Crippen LogP contribution in [-0.2, 0) is 0 Å². The van der Waals surface area contributed by atoms with Gasteiger partial charge < -0.3 is 15.5 Å². The zero-order chi connectivity index (χ0) is 14.9. The van der Waals surface area contributed by atoms with Crippen molar-refractivity contribution in [1.29, 1.82) is 0 Å². The summed E-state index contributed by atoms with van der Waals surface area (Å²) in [5.41, 5.74) is 0.198. The van der Waals surface area contributed by atoms with E-state index < -0.39 is 0 Å². The maximum atomic E-state index is 4.70. The van der Waals surface area contributed by atoms with Crippen LogP contribution in [0.1, 0.15) is 41.0 Å². The van der Waals surface area contributed by atoms with Crippen molar-refractivity contribution in [1.82, 2.24) is 15.5 Å². The van der Waals surface area contributed by atoms with E-state index in [-0.39, 0.29) is 5.41 Å². The molecule has 4 heteroatoms. The number of nitrogens with one attached hydrogen (secondary N) is 2. The first-order chi connectivity index (χ1) is 8.76. The summed E-state index contributed by atoms with van der Waals surface area (Å²) in [6.07, 6.45) is 1.17. The van der Waals surface area contributed by atoms with Crippen LogP contribution in [0, 0.1) is 11.3 Å². The lowest BCUT2D eigenvalue weighted by molar-refractivity contribution is 0.248. The number of hydrogen-bond donors (Lipinski definition) is 2. The van der Waals surface area contributed by atoms with Crippen LogP contribution in [0.3, 0.4) is 0 Å². The lowest BCUT2D eigenvalue weighted by Gasteiger charge is -2.26. The second kappa shape index (κ2) is 9.18. The molecule has 0 rings (SSSR count). The molecule has 114 valence electrons. The lowest BCUT2D eigenvalue weighted by atomic mass is 9.93. The number of aliphatic imine (C=N–C) groups is 1. The van der Waals surface area contributed by atoms with E-state index in [1.807, 2.05) is 0 Å². The summed E-state index contributed by atoms with van der Waals surface area (Å²) in [4.78, 5) is 6.92. The largest absolute Gasteiger partial charge is 0.357 e. The standard InChI is InChI=1S/C15H34N4/c1-8-16-14(17-10-9-13(2)3)18-11-15(4,5)12-19(6)7/h13H,8-12H2,1-7H3,(H2,16,17,18). The fraction of sp³-hybridized carbons (Fsp3) is 0.933. The number of hydrogen-bond acceptors (Lipinski definition) is 2. The fourth-order valence-electron chi connectivity index (χ4n) is 2.02. The third-order valence-electron chi connectivity index (χ3n) is 2.77. The van der Waals surface area contributed by atoms with Crippen molar-refractivity contribution in [3.05, 3.63) is 0 Å². The maximum Gasteiger partial charge on any atom is 0.191 e. The van der Waals surface area contributed by atoms with Crippen LogP contribution < -0.4 is 10.6 Å². The maximum absolute atomic E-state index is 4.70. The summed E-state index contributed by atoms with van der Waals surface area (Å²) >= 11 is 0. The summed E-state index contributed by atoms with van der Waals surface area (Å²) < 4.78 is 0. The molecule has 0 unspecified atom stereocenters. The average Bonchev–Trinajstić information content (AvgIpc) is 2.23. The van der Waals surface area contributed by atoms with Crippen LogP contribution in [0.4, 0.5) is 0 Å². The molecular weight excluding hydrogens is 236 g/mol. The zero-order valence-electron chi connectivity index (χ0n) is 14.0. The van der Waals surface area contributed by atoms with E-state index in [1.165, 1.54) is 6.42 Å². The Kier molecular flexibility index (Phi) is 8.81. The molecule has 0 aromatic carbocycles. The third kappa shape index (κ3) is 10.8. The molecule has 0 aliphatic carbocycles. The molecule has 0 saturated carbocycles. The predicted octanol–water partition coefficient (Wildman–Crippen LogP) is 2.18. The number of rotatable bonds is 8. The Bertz CT molecular complexity index is 257. The van der Waals surface area contributed by atoms with Gasteiger partial charge in [-0.2, -0.15) is 0 Å². The highest BCUT2D eigenvalue weighted by atomic mass is 15.2. The molecule has 0 heterocycles.